The minimum absolute atomic E-state index is 0.160. The molecule has 0 fully saturated rings. The molecule has 6 nitrogen and oxygen atoms in total. The predicted octanol–water partition coefficient (Wildman–Crippen LogP) is 4.81. The van der Waals surface area contributed by atoms with Crippen molar-refractivity contribution in [1.82, 2.24) is 10.5 Å². The fraction of sp³-hybridized carbons (Fsp3) is 0.0909. The largest absolute Gasteiger partial charge is 0.494 e. The van der Waals surface area contributed by atoms with E-state index in [1.807, 2.05) is 49.4 Å². The van der Waals surface area contributed by atoms with Gasteiger partial charge >= 0.3 is 0 Å². The van der Waals surface area contributed by atoms with Gasteiger partial charge in [0.05, 0.1) is 24.6 Å². The molecule has 1 aromatic carbocycles. The first-order valence-electron chi connectivity index (χ1n) is 8.60. The van der Waals surface area contributed by atoms with Crippen LogP contribution in [-0.2, 0) is 0 Å². The van der Waals surface area contributed by atoms with Crippen LogP contribution >= 0.6 is 0 Å². The normalized spacial score (nSPS) is 10.8. The average molecular weight is 376 g/mol. The minimum Gasteiger partial charge on any atom is -0.494 e. The molecule has 0 bridgehead atoms. The highest BCUT2D eigenvalue weighted by Gasteiger charge is 2.24. The van der Waals surface area contributed by atoms with Crippen molar-refractivity contribution in [2.75, 3.05) is 7.11 Å². The lowest BCUT2D eigenvalue weighted by atomic mass is 9.98. The fourth-order valence-corrected chi connectivity index (χ4v) is 3.00. The Morgan fingerprint density at radius 2 is 1.96 bits per heavy atom. The third-order valence-corrected chi connectivity index (χ3v) is 4.25. The molecule has 0 aliphatic carbocycles. The molecular weight excluding hydrogens is 356 g/mol. The molecule has 2 aromatic heterocycles. The third kappa shape index (κ3) is 3.45. The maximum Gasteiger partial charge on any atom is 0.279 e. The van der Waals surface area contributed by atoms with Crippen molar-refractivity contribution < 1.29 is 19.2 Å². The summed E-state index contributed by atoms with van der Waals surface area (Å²) in [5.74, 6) is 0.303. The van der Waals surface area contributed by atoms with E-state index in [0.29, 0.717) is 17.0 Å². The molecule has 2 heterocycles. The summed E-state index contributed by atoms with van der Waals surface area (Å²) in [5, 5.41) is 9.21. The SMILES string of the molecule is C=Cc1c(/C=C\C)nc(-c2ccc(-c3ccco3)cc2)c(OC)c1C(=O)NO. The monoisotopic (exact) mass is 376 g/mol. The van der Waals surface area contributed by atoms with Crippen molar-refractivity contribution in [2.24, 2.45) is 0 Å². The van der Waals surface area contributed by atoms with Crippen LogP contribution in [0.25, 0.3) is 34.7 Å². The van der Waals surface area contributed by atoms with Gasteiger partial charge in [-0.1, -0.05) is 43.0 Å². The van der Waals surface area contributed by atoms with E-state index in [4.69, 9.17) is 9.15 Å². The van der Waals surface area contributed by atoms with Gasteiger partial charge in [-0.15, -0.1) is 0 Å². The molecule has 0 aliphatic heterocycles. The second-order valence-corrected chi connectivity index (χ2v) is 5.87. The Labute approximate surface area is 162 Å². The number of hydrogen-bond donors (Lipinski definition) is 2. The molecule has 0 radical (unpaired) electrons. The van der Waals surface area contributed by atoms with E-state index < -0.39 is 5.91 Å². The van der Waals surface area contributed by atoms with Crippen LogP contribution in [0.5, 0.6) is 5.75 Å². The van der Waals surface area contributed by atoms with Crippen LogP contribution in [0.2, 0.25) is 0 Å². The van der Waals surface area contributed by atoms with Crippen LogP contribution in [0, 0.1) is 0 Å². The summed E-state index contributed by atoms with van der Waals surface area (Å²) in [6.45, 7) is 5.62. The molecule has 0 aliphatic rings. The Balaban J connectivity index is 2.23. The number of rotatable bonds is 6. The number of pyridine rings is 1. The highest BCUT2D eigenvalue weighted by molar-refractivity contribution is 6.02. The molecular formula is C22H20N2O4. The van der Waals surface area contributed by atoms with Crippen LogP contribution in [-0.4, -0.2) is 23.2 Å². The number of carbonyl (C=O) groups is 1. The molecule has 3 aromatic rings. The van der Waals surface area contributed by atoms with Gasteiger partial charge in [0.1, 0.15) is 11.5 Å². The van der Waals surface area contributed by atoms with Gasteiger partial charge in [0.25, 0.3) is 5.91 Å². The Morgan fingerprint density at radius 3 is 2.50 bits per heavy atom. The number of nitrogens with one attached hydrogen (secondary N) is 1. The number of furan rings is 1. The molecule has 6 heteroatoms. The van der Waals surface area contributed by atoms with Gasteiger partial charge in [-0.3, -0.25) is 10.0 Å². The van der Waals surface area contributed by atoms with E-state index in [9.17, 15) is 10.0 Å². The topological polar surface area (TPSA) is 84.6 Å². The van der Waals surface area contributed by atoms with Gasteiger partial charge in [0.15, 0.2) is 5.75 Å². The number of hydrogen-bond acceptors (Lipinski definition) is 5. The standard InChI is InChI=1S/C22H20N2O4/c1-4-7-17-16(5-2)19(22(25)24-26)21(27-3)20(23-17)15-11-9-14(10-12-15)18-8-6-13-28-18/h4-13,26H,2H2,1,3H3,(H,24,25)/b7-4-. The summed E-state index contributed by atoms with van der Waals surface area (Å²) < 4.78 is 10.9. The number of carbonyl (C=O) groups excluding carboxylic acids is 1. The summed E-state index contributed by atoms with van der Waals surface area (Å²) in [4.78, 5) is 17.0. The van der Waals surface area contributed by atoms with Gasteiger partial charge < -0.3 is 9.15 Å². The summed E-state index contributed by atoms with van der Waals surface area (Å²) in [6, 6.07) is 11.2. The first kappa shape index (κ1) is 19.1. The quantitative estimate of drug-likeness (QED) is 0.476. The zero-order valence-electron chi connectivity index (χ0n) is 15.6. The van der Waals surface area contributed by atoms with Crippen LogP contribution in [0.1, 0.15) is 28.5 Å². The lowest BCUT2D eigenvalue weighted by Gasteiger charge is -2.17. The summed E-state index contributed by atoms with van der Waals surface area (Å²) in [7, 11) is 1.45. The summed E-state index contributed by atoms with van der Waals surface area (Å²) >= 11 is 0. The van der Waals surface area contributed by atoms with Crippen LogP contribution in [0.4, 0.5) is 0 Å². The fourth-order valence-electron chi connectivity index (χ4n) is 3.00. The highest BCUT2D eigenvalue weighted by atomic mass is 16.5. The van der Waals surface area contributed by atoms with Gasteiger partial charge in [-0.2, -0.15) is 0 Å². The molecule has 0 saturated carbocycles. The second-order valence-electron chi connectivity index (χ2n) is 5.87. The van der Waals surface area contributed by atoms with Crippen LogP contribution in [0.3, 0.4) is 0 Å². The zero-order valence-corrected chi connectivity index (χ0v) is 15.6. The number of methoxy groups -OCH3 is 1. The number of hydroxylamine groups is 1. The van der Waals surface area contributed by atoms with E-state index >= 15 is 0 Å². The van der Waals surface area contributed by atoms with E-state index in [0.717, 1.165) is 16.9 Å². The van der Waals surface area contributed by atoms with E-state index in [1.54, 1.807) is 17.8 Å². The minimum atomic E-state index is -0.701. The second kappa shape index (κ2) is 8.37. The van der Waals surface area contributed by atoms with Crippen molar-refractivity contribution in [3.8, 4) is 28.3 Å². The molecule has 1 amide bonds. The predicted molar refractivity (Wildman–Crippen MR) is 108 cm³/mol. The van der Waals surface area contributed by atoms with Gasteiger partial charge in [-0.25, -0.2) is 10.5 Å². The summed E-state index contributed by atoms with van der Waals surface area (Å²) in [6.07, 6.45) is 6.71. The molecule has 0 unspecified atom stereocenters. The van der Waals surface area contributed by atoms with Gasteiger partial charge in [0, 0.05) is 16.7 Å². The van der Waals surface area contributed by atoms with Gasteiger partial charge in [-0.05, 0) is 25.1 Å². The Hall–Kier alpha value is -3.64. The lowest BCUT2D eigenvalue weighted by molar-refractivity contribution is 0.0703. The van der Waals surface area contributed by atoms with Crippen molar-refractivity contribution >= 4 is 18.1 Å². The Kier molecular flexibility index (Phi) is 5.72. The Morgan fingerprint density at radius 1 is 1.25 bits per heavy atom. The molecule has 3 rings (SSSR count). The van der Waals surface area contributed by atoms with E-state index in [2.05, 4.69) is 11.6 Å². The third-order valence-electron chi connectivity index (χ3n) is 4.25. The number of nitrogens with zero attached hydrogens (tertiary/aromatic N) is 1. The smallest absolute Gasteiger partial charge is 0.279 e. The maximum absolute atomic E-state index is 12.4. The van der Waals surface area contributed by atoms with Crippen LogP contribution < -0.4 is 10.2 Å². The molecule has 0 atom stereocenters. The number of allylic oxidation sites excluding steroid dienone is 1. The molecule has 0 saturated heterocycles. The lowest BCUT2D eigenvalue weighted by Crippen LogP contribution is -2.22. The number of benzene rings is 1. The number of ether oxygens (including phenoxy) is 1. The highest BCUT2D eigenvalue weighted by Crippen LogP contribution is 2.36. The molecule has 0 spiro atoms. The van der Waals surface area contributed by atoms with E-state index in [1.165, 1.54) is 13.2 Å². The number of aromatic nitrogens is 1. The first-order chi connectivity index (χ1) is 13.6. The number of amides is 1. The Bertz CT molecular complexity index is 1020. The van der Waals surface area contributed by atoms with Crippen molar-refractivity contribution in [2.45, 2.75) is 6.92 Å². The zero-order chi connectivity index (χ0) is 20.1. The van der Waals surface area contributed by atoms with Crippen LogP contribution in [0.15, 0.2) is 59.7 Å². The average Bonchev–Trinajstić information content (AvgIpc) is 3.27. The van der Waals surface area contributed by atoms with E-state index in [-0.39, 0.29) is 11.3 Å². The molecule has 2 N–H and O–H groups in total. The van der Waals surface area contributed by atoms with Crippen molar-refractivity contribution in [3.05, 3.63) is 72.1 Å². The van der Waals surface area contributed by atoms with Crippen molar-refractivity contribution in [1.29, 1.82) is 0 Å². The first-order valence-corrected chi connectivity index (χ1v) is 8.60. The molecule has 142 valence electrons. The molecule has 28 heavy (non-hydrogen) atoms. The maximum atomic E-state index is 12.4. The summed E-state index contributed by atoms with van der Waals surface area (Å²) in [5.41, 5.74) is 4.99. The van der Waals surface area contributed by atoms with Gasteiger partial charge in [0.2, 0.25) is 0 Å². The van der Waals surface area contributed by atoms with Crippen molar-refractivity contribution in [3.63, 3.8) is 0 Å².